The third-order valence-electron chi connectivity index (χ3n) is 4.87. The predicted octanol–water partition coefficient (Wildman–Crippen LogP) is 1.70. The van der Waals surface area contributed by atoms with Crippen LogP contribution >= 0.6 is 0 Å². The van der Waals surface area contributed by atoms with E-state index in [-0.39, 0.29) is 18.4 Å². The average Bonchev–Trinajstić information content (AvgIpc) is 2.24. The lowest BCUT2D eigenvalue weighted by molar-refractivity contribution is -0.137. The number of hydrogen-bond acceptors (Lipinski definition) is 2. The fourth-order valence-electron chi connectivity index (χ4n) is 4.60. The van der Waals surface area contributed by atoms with Crippen molar-refractivity contribution in [1.82, 2.24) is 5.32 Å². The van der Waals surface area contributed by atoms with Gasteiger partial charge in [-0.1, -0.05) is 0 Å². The molecule has 0 radical (unpaired) electrons. The largest absolute Gasteiger partial charge is 0.343 e. The molecule has 0 unspecified atom stereocenters. The van der Waals surface area contributed by atoms with Gasteiger partial charge in [0.15, 0.2) is 0 Å². The van der Waals surface area contributed by atoms with Crippen LogP contribution in [0.1, 0.15) is 32.1 Å². The SMILES string of the molecule is N#CCNC(=O)C1C2CC3CC(C2)CC1C3. The van der Waals surface area contributed by atoms with E-state index in [1.165, 1.54) is 32.1 Å². The Morgan fingerprint density at radius 1 is 1.12 bits per heavy atom. The second kappa shape index (κ2) is 3.76. The van der Waals surface area contributed by atoms with E-state index in [4.69, 9.17) is 5.26 Å². The molecule has 4 aliphatic rings. The van der Waals surface area contributed by atoms with Crippen molar-refractivity contribution in [2.24, 2.45) is 29.6 Å². The van der Waals surface area contributed by atoms with Gasteiger partial charge in [0.1, 0.15) is 6.54 Å². The molecule has 3 nitrogen and oxygen atoms in total. The van der Waals surface area contributed by atoms with Gasteiger partial charge >= 0.3 is 0 Å². The Bertz CT molecular complexity index is 316. The lowest BCUT2D eigenvalue weighted by Gasteiger charge is -2.53. The maximum atomic E-state index is 12.0. The molecule has 0 heterocycles. The van der Waals surface area contributed by atoms with Gasteiger partial charge in [0.05, 0.1) is 6.07 Å². The number of carbonyl (C=O) groups excluding carboxylic acids is 1. The van der Waals surface area contributed by atoms with Crippen molar-refractivity contribution in [3.8, 4) is 6.07 Å². The molecule has 86 valence electrons. The van der Waals surface area contributed by atoms with E-state index in [1.807, 2.05) is 6.07 Å². The number of hydrogen-bond donors (Lipinski definition) is 1. The number of nitrogens with one attached hydrogen (secondary N) is 1. The van der Waals surface area contributed by atoms with E-state index in [9.17, 15) is 4.79 Å². The fourth-order valence-corrected chi connectivity index (χ4v) is 4.60. The van der Waals surface area contributed by atoms with Crippen molar-refractivity contribution in [3.63, 3.8) is 0 Å². The number of nitriles is 1. The van der Waals surface area contributed by atoms with Gasteiger partial charge in [0.25, 0.3) is 0 Å². The molecule has 0 spiro atoms. The summed E-state index contributed by atoms with van der Waals surface area (Å²) in [6.07, 6.45) is 6.46. The first-order chi connectivity index (χ1) is 7.78. The van der Waals surface area contributed by atoms with Crippen LogP contribution in [0.3, 0.4) is 0 Å². The van der Waals surface area contributed by atoms with Gasteiger partial charge in [-0.15, -0.1) is 0 Å². The Morgan fingerprint density at radius 3 is 2.19 bits per heavy atom. The van der Waals surface area contributed by atoms with E-state index in [1.54, 1.807) is 0 Å². The second-order valence-electron chi connectivity index (χ2n) is 5.83. The molecule has 0 saturated heterocycles. The summed E-state index contributed by atoms with van der Waals surface area (Å²) in [6, 6.07) is 1.99. The zero-order valence-electron chi connectivity index (χ0n) is 9.48. The minimum Gasteiger partial charge on any atom is -0.343 e. The molecule has 16 heavy (non-hydrogen) atoms. The van der Waals surface area contributed by atoms with Gasteiger partial charge in [0, 0.05) is 5.92 Å². The molecular formula is C13H18N2O. The van der Waals surface area contributed by atoms with Crippen LogP contribution in [0.5, 0.6) is 0 Å². The van der Waals surface area contributed by atoms with E-state index in [0.717, 1.165) is 11.8 Å². The highest BCUT2D eigenvalue weighted by Crippen LogP contribution is 2.56. The van der Waals surface area contributed by atoms with Gasteiger partial charge in [-0.2, -0.15) is 5.26 Å². The highest BCUT2D eigenvalue weighted by atomic mass is 16.1. The molecule has 0 aromatic heterocycles. The van der Waals surface area contributed by atoms with Gasteiger partial charge in [-0.25, -0.2) is 0 Å². The summed E-state index contributed by atoms with van der Waals surface area (Å²) in [5.41, 5.74) is 0. The summed E-state index contributed by atoms with van der Waals surface area (Å²) in [6.45, 7) is 0.168. The molecule has 1 amide bonds. The first kappa shape index (κ1) is 10.1. The smallest absolute Gasteiger partial charge is 0.224 e. The minimum absolute atomic E-state index is 0.148. The normalized spacial score (nSPS) is 44.1. The molecule has 0 aromatic rings. The molecule has 4 saturated carbocycles. The first-order valence-electron chi connectivity index (χ1n) is 6.42. The van der Waals surface area contributed by atoms with Gasteiger partial charge < -0.3 is 5.32 Å². The first-order valence-corrected chi connectivity index (χ1v) is 6.42. The highest BCUT2D eigenvalue weighted by Gasteiger charge is 2.50. The van der Waals surface area contributed by atoms with Crippen LogP contribution in [0.4, 0.5) is 0 Å². The van der Waals surface area contributed by atoms with Crippen LogP contribution in [-0.2, 0) is 4.79 Å². The number of carbonyl (C=O) groups is 1. The molecule has 3 heteroatoms. The number of rotatable bonds is 2. The van der Waals surface area contributed by atoms with Crippen molar-refractivity contribution in [2.45, 2.75) is 32.1 Å². The molecule has 4 rings (SSSR count). The average molecular weight is 218 g/mol. The van der Waals surface area contributed by atoms with Crippen LogP contribution in [0.2, 0.25) is 0 Å². The monoisotopic (exact) mass is 218 g/mol. The molecule has 0 aliphatic heterocycles. The summed E-state index contributed by atoms with van der Waals surface area (Å²) < 4.78 is 0. The number of amides is 1. The van der Waals surface area contributed by atoms with E-state index < -0.39 is 0 Å². The Balaban J connectivity index is 1.72. The third kappa shape index (κ3) is 1.52. The minimum atomic E-state index is 0.148. The van der Waals surface area contributed by atoms with Crippen LogP contribution in [0.25, 0.3) is 0 Å². The molecule has 1 N–H and O–H groups in total. The van der Waals surface area contributed by atoms with Gasteiger partial charge in [-0.05, 0) is 55.8 Å². The van der Waals surface area contributed by atoms with Crippen LogP contribution in [0.15, 0.2) is 0 Å². The van der Waals surface area contributed by atoms with Crippen LogP contribution in [-0.4, -0.2) is 12.5 Å². The Morgan fingerprint density at radius 2 is 1.69 bits per heavy atom. The van der Waals surface area contributed by atoms with Gasteiger partial charge in [0.2, 0.25) is 5.91 Å². The summed E-state index contributed by atoms with van der Waals surface area (Å²) in [7, 11) is 0. The van der Waals surface area contributed by atoms with Gasteiger partial charge in [-0.3, -0.25) is 4.79 Å². The van der Waals surface area contributed by atoms with E-state index in [2.05, 4.69) is 5.32 Å². The van der Waals surface area contributed by atoms with Crippen LogP contribution < -0.4 is 5.32 Å². The lowest BCUT2D eigenvalue weighted by Crippen LogP contribution is -2.51. The molecule has 4 fully saturated rings. The summed E-state index contributed by atoms with van der Waals surface area (Å²) >= 11 is 0. The molecular weight excluding hydrogens is 200 g/mol. The van der Waals surface area contributed by atoms with Crippen molar-refractivity contribution < 1.29 is 4.79 Å². The fraction of sp³-hybridized carbons (Fsp3) is 0.846. The quantitative estimate of drug-likeness (QED) is 0.717. The zero-order valence-corrected chi connectivity index (χ0v) is 9.48. The Labute approximate surface area is 96.2 Å². The van der Waals surface area contributed by atoms with Crippen LogP contribution in [0, 0.1) is 40.9 Å². The Kier molecular flexibility index (Phi) is 2.38. The topological polar surface area (TPSA) is 52.9 Å². The summed E-state index contributed by atoms with van der Waals surface area (Å²) in [4.78, 5) is 12.0. The zero-order chi connectivity index (χ0) is 11.1. The molecule has 4 bridgehead atoms. The predicted molar refractivity (Wildman–Crippen MR) is 59.2 cm³/mol. The maximum Gasteiger partial charge on any atom is 0.224 e. The second-order valence-corrected chi connectivity index (χ2v) is 5.83. The lowest BCUT2D eigenvalue weighted by atomic mass is 9.51. The van der Waals surface area contributed by atoms with Crippen molar-refractivity contribution in [2.75, 3.05) is 6.54 Å². The number of nitrogens with zero attached hydrogens (tertiary/aromatic N) is 1. The van der Waals surface area contributed by atoms with E-state index in [0.29, 0.717) is 11.8 Å². The van der Waals surface area contributed by atoms with Crippen molar-refractivity contribution in [3.05, 3.63) is 0 Å². The molecule has 0 aromatic carbocycles. The Hall–Kier alpha value is -1.04. The summed E-state index contributed by atoms with van der Waals surface area (Å²) in [5, 5.41) is 11.3. The molecule has 4 aliphatic carbocycles. The maximum absolute atomic E-state index is 12.0. The standard InChI is InChI=1S/C13H18N2O/c14-1-2-15-13(16)12-10-4-8-3-9(6-10)7-11(12)5-8/h8-12H,2-7H2,(H,15,16). The third-order valence-corrected chi connectivity index (χ3v) is 4.87. The molecule has 0 atom stereocenters. The summed E-state index contributed by atoms with van der Waals surface area (Å²) in [5.74, 6) is 3.42. The van der Waals surface area contributed by atoms with Crippen molar-refractivity contribution >= 4 is 5.91 Å². The highest BCUT2D eigenvalue weighted by molar-refractivity contribution is 5.79. The van der Waals surface area contributed by atoms with Crippen molar-refractivity contribution in [1.29, 1.82) is 5.26 Å². The van der Waals surface area contributed by atoms with E-state index >= 15 is 0 Å².